The quantitative estimate of drug-likeness (QED) is 0.348. The summed E-state index contributed by atoms with van der Waals surface area (Å²) in [5.74, 6) is -1.04. The Bertz CT molecular complexity index is 703. The Morgan fingerprint density at radius 3 is 2.12 bits per heavy atom. The van der Waals surface area contributed by atoms with Crippen LogP contribution in [0.15, 0.2) is 29.2 Å². The molecule has 0 radical (unpaired) electrons. The number of carbonyl (C=O) groups is 1. The van der Waals surface area contributed by atoms with Gasteiger partial charge in [-0.2, -0.15) is 8.42 Å². The normalized spacial score (nSPS) is 14.7. The molecule has 1 N–H and O–H groups in total. The monoisotopic (exact) mass is 361 g/mol. The van der Waals surface area contributed by atoms with Crippen LogP contribution in [0.1, 0.15) is 27.7 Å². The standard InChI is InChI=1S/C14H19NO8S/c1-9(16)12(13(17)22-14(2,3)4)23-24(20,21)11-7-5-10(6-8-11)15(18)19/h5-9,12,16H,1-4H3/t9-,12-/m1/s1. The molecule has 0 fully saturated rings. The fourth-order valence-electron chi connectivity index (χ4n) is 1.60. The Labute approximate surface area is 139 Å². The van der Waals surface area contributed by atoms with E-state index in [1.165, 1.54) is 6.92 Å². The van der Waals surface area contributed by atoms with Gasteiger partial charge in [0.2, 0.25) is 0 Å². The zero-order valence-electron chi connectivity index (χ0n) is 13.6. The first-order valence-corrected chi connectivity index (χ1v) is 8.33. The lowest BCUT2D eigenvalue weighted by atomic mass is 10.2. The van der Waals surface area contributed by atoms with Crippen molar-refractivity contribution in [3.63, 3.8) is 0 Å². The minimum Gasteiger partial charge on any atom is -0.458 e. The first-order valence-electron chi connectivity index (χ1n) is 6.92. The van der Waals surface area contributed by atoms with Crippen LogP contribution in [0, 0.1) is 10.1 Å². The van der Waals surface area contributed by atoms with Crippen molar-refractivity contribution in [1.29, 1.82) is 0 Å². The van der Waals surface area contributed by atoms with E-state index in [1.54, 1.807) is 20.8 Å². The summed E-state index contributed by atoms with van der Waals surface area (Å²) in [4.78, 5) is 21.5. The average molecular weight is 361 g/mol. The number of nitro benzene ring substituents is 1. The van der Waals surface area contributed by atoms with Crippen LogP contribution >= 0.6 is 0 Å². The van der Waals surface area contributed by atoms with Crippen LogP contribution in [-0.4, -0.2) is 42.2 Å². The summed E-state index contributed by atoms with van der Waals surface area (Å²) in [5, 5.41) is 20.2. The topological polar surface area (TPSA) is 133 Å². The zero-order chi connectivity index (χ0) is 18.7. The highest BCUT2D eigenvalue weighted by Gasteiger charge is 2.35. The molecule has 1 aromatic rings. The van der Waals surface area contributed by atoms with Crippen LogP contribution in [0.2, 0.25) is 0 Å². The number of aliphatic hydroxyl groups excluding tert-OH is 1. The molecule has 10 heteroatoms. The van der Waals surface area contributed by atoms with Gasteiger partial charge in [-0.15, -0.1) is 0 Å². The second kappa shape index (κ2) is 7.24. The molecule has 0 aliphatic rings. The molecule has 1 rings (SSSR count). The van der Waals surface area contributed by atoms with Crippen molar-refractivity contribution >= 4 is 21.8 Å². The van der Waals surface area contributed by atoms with Gasteiger partial charge >= 0.3 is 5.97 Å². The number of benzene rings is 1. The SMILES string of the molecule is C[C@@H](O)[C@@H](OS(=O)(=O)c1ccc([N+](=O)[O-])cc1)C(=O)OC(C)(C)C. The molecule has 0 saturated heterocycles. The second-order valence-corrected chi connectivity index (χ2v) is 7.57. The second-order valence-electron chi connectivity index (χ2n) is 6.00. The number of hydrogen-bond acceptors (Lipinski definition) is 8. The summed E-state index contributed by atoms with van der Waals surface area (Å²) >= 11 is 0. The van der Waals surface area contributed by atoms with Crippen molar-refractivity contribution < 1.29 is 32.2 Å². The molecule has 0 spiro atoms. The smallest absolute Gasteiger partial charge is 0.340 e. The summed E-state index contributed by atoms with van der Waals surface area (Å²) in [6, 6.07) is 3.92. The van der Waals surface area contributed by atoms with E-state index in [0.717, 1.165) is 24.3 Å². The highest BCUT2D eigenvalue weighted by atomic mass is 32.2. The van der Waals surface area contributed by atoms with Crippen LogP contribution in [0.4, 0.5) is 5.69 Å². The number of nitrogens with zero attached hydrogens (tertiary/aromatic N) is 1. The van der Waals surface area contributed by atoms with Crippen molar-refractivity contribution in [3.05, 3.63) is 34.4 Å². The number of rotatable bonds is 6. The van der Waals surface area contributed by atoms with Crippen LogP contribution < -0.4 is 0 Å². The third kappa shape index (κ3) is 5.55. The Balaban J connectivity index is 3.04. The maximum atomic E-state index is 12.2. The lowest BCUT2D eigenvalue weighted by Crippen LogP contribution is -2.41. The summed E-state index contributed by atoms with van der Waals surface area (Å²) in [7, 11) is -4.43. The number of hydrogen-bond donors (Lipinski definition) is 1. The summed E-state index contributed by atoms with van der Waals surface area (Å²) in [6.07, 6.45) is -3.21. The predicted molar refractivity (Wildman–Crippen MR) is 82.7 cm³/mol. The first kappa shape index (κ1) is 20.0. The first-order chi connectivity index (χ1) is 10.8. The van der Waals surface area contributed by atoms with Gasteiger partial charge in [-0.05, 0) is 39.8 Å². The highest BCUT2D eigenvalue weighted by Crippen LogP contribution is 2.21. The number of carbonyl (C=O) groups excluding carboxylic acids is 1. The molecule has 24 heavy (non-hydrogen) atoms. The minimum absolute atomic E-state index is 0.298. The van der Waals surface area contributed by atoms with Gasteiger partial charge in [-0.3, -0.25) is 10.1 Å². The van der Waals surface area contributed by atoms with Crippen molar-refractivity contribution in [3.8, 4) is 0 Å². The molecule has 0 aliphatic carbocycles. The van der Waals surface area contributed by atoms with Crippen LogP contribution in [0.3, 0.4) is 0 Å². The van der Waals surface area contributed by atoms with Gasteiger partial charge in [0, 0.05) is 12.1 Å². The minimum atomic E-state index is -4.43. The number of non-ortho nitro benzene ring substituents is 1. The Kier molecular flexibility index (Phi) is 6.04. The Morgan fingerprint density at radius 2 is 1.75 bits per heavy atom. The van der Waals surface area contributed by atoms with Gasteiger partial charge in [-0.25, -0.2) is 8.98 Å². The van der Waals surface area contributed by atoms with Gasteiger partial charge in [0.25, 0.3) is 15.8 Å². The fraction of sp³-hybridized carbons (Fsp3) is 0.500. The van der Waals surface area contributed by atoms with Crippen LogP contribution in [0.5, 0.6) is 0 Å². The maximum absolute atomic E-state index is 12.2. The number of nitro groups is 1. The summed E-state index contributed by atoms with van der Waals surface area (Å²) in [6.45, 7) is 5.92. The van der Waals surface area contributed by atoms with Gasteiger partial charge in [-0.1, -0.05) is 0 Å². The van der Waals surface area contributed by atoms with E-state index in [9.17, 15) is 28.4 Å². The Morgan fingerprint density at radius 1 is 1.25 bits per heavy atom. The van der Waals surface area contributed by atoms with Crippen LogP contribution in [-0.2, 0) is 23.8 Å². The van der Waals surface area contributed by atoms with Gasteiger partial charge in [0.05, 0.1) is 15.9 Å². The van der Waals surface area contributed by atoms with E-state index in [2.05, 4.69) is 0 Å². The highest BCUT2D eigenvalue weighted by molar-refractivity contribution is 7.86. The third-order valence-electron chi connectivity index (χ3n) is 2.64. The van der Waals surface area contributed by atoms with Crippen molar-refractivity contribution in [2.75, 3.05) is 0 Å². The molecule has 134 valence electrons. The molecular weight excluding hydrogens is 342 g/mol. The van der Waals surface area contributed by atoms with Crippen molar-refractivity contribution in [2.45, 2.75) is 50.4 Å². The summed E-state index contributed by atoms with van der Waals surface area (Å²) < 4.78 is 34.2. The molecule has 0 heterocycles. The maximum Gasteiger partial charge on any atom is 0.340 e. The molecule has 0 saturated carbocycles. The molecular formula is C14H19NO8S. The molecule has 1 aromatic carbocycles. The number of aliphatic hydroxyl groups is 1. The number of ether oxygens (including phenoxy) is 1. The molecule has 0 amide bonds. The third-order valence-corrected chi connectivity index (χ3v) is 3.95. The predicted octanol–water partition coefficient (Wildman–Crippen LogP) is 1.39. The lowest BCUT2D eigenvalue weighted by molar-refractivity contribution is -0.384. The molecule has 2 atom stereocenters. The van der Waals surface area contributed by atoms with E-state index < -0.39 is 38.8 Å². The molecule has 0 aliphatic heterocycles. The molecule has 0 bridgehead atoms. The Hall–Kier alpha value is -2.04. The molecule has 9 nitrogen and oxygen atoms in total. The average Bonchev–Trinajstić information content (AvgIpc) is 2.42. The van der Waals surface area contributed by atoms with E-state index in [0.29, 0.717) is 0 Å². The molecule has 0 unspecified atom stereocenters. The number of esters is 1. The van der Waals surface area contributed by atoms with Gasteiger partial charge < -0.3 is 9.84 Å². The largest absolute Gasteiger partial charge is 0.458 e. The van der Waals surface area contributed by atoms with Crippen molar-refractivity contribution in [1.82, 2.24) is 0 Å². The lowest BCUT2D eigenvalue weighted by Gasteiger charge is -2.25. The van der Waals surface area contributed by atoms with E-state index in [-0.39, 0.29) is 10.6 Å². The fourth-order valence-corrected chi connectivity index (χ4v) is 2.70. The van der Waals surface area contributed by atoms with Crippen molar-refractivity contribution in [2.24, 2.45) is 0 Å². The van der Waals surface area contributed by atoms with Gasteiger partial charge in [0.15, 0.2) is 6.10 Å². The van der Waals surface area contributed by atoms with Gasteiger partial charge in [0.1, 0.15) is 5.60 Å². The van der Waals surface area contributed by atoms with E-state index >= 15 is 0 Å². The van der Waals surface area contributed by atoms with E-state index in [1.807, 2.05) is 0 Å². The van der Waals surface area contributed by atoms with E-state index in [4.69, 9.17) is 8.92 Å². The molecule has 0 aromatic heterocycles. The summed E-state index contributed by atoms with van der Waals surface area (Å²) in [5.41, 5.74) is -1.20. The zero-order valence-corrected chi connectivity index (χ0v) is 14.4. The van der Waals surface area contributed by atoms with Crippen LogP contribution in [0.25, 0.3) is 0 Å².